The van der Waals surface area contributed by atoms with Crippen LogP contribution >= 0.6 is 0 Å². The molecule has 2 saturated carbocycles. The molecule has 138 valence electrons. The highest BCUT2D eigenvalue weighted by molar-refractivity contribution is 7.90. The predicted molar refractivity (Wildman–Crippen MR) is 97.3 cm³/mol. The molecule has 0 aliphatic heterocycles. The van der Waals surface area contributed by atoms with E-state index in [2.05, 4.69) is 36.2 Å². The molecule has 0 bridgehead atoms. The number of nitrogens with zero attached hydrogens (tertiary/aromatic N) is 4. The number of aromatic amines is 1. The lowest BCUT2D eigenvalue weighted by atomic mass is 9.93. The van der Waals surface area contributed by atoms with Crippen LogP contribution in [0.3, 0.4) is 0 Å². The standard InChI is InChI=1S/C17H22N6O2S/c1-2-10-7-11(22-26(24,25)12-3-4-12)8-13(10)17-21-20-15-9-19-16-14(23(15)17)5-6-18-16/h5-6,9-13,18,22H,2-4,7-8H2,1H3/t10-,11-,13-/m1/s1. The van der Waals surface area contributed by atoms with Gasteiger partial charge < -0.3 is 4.98 Å². The van der Waals surface area contributed by atoms with Crippen molar-refractivity contribution < 1.29 is 8.42 Å². The summed E-state index contributed by atoms with van der Waals surface area (Å²) >= 11 is 0. The van der Waals surface area contributed by atoms with E-state index in [1.54, 1.807) is 6.20 Å². The third kappa shape index (κ3) is 2.52. The average Bonchev–Trinajstić information content (AvgIpc) is 3.06. The Balaban J connectivity index is 1.50. The van der Waals surface area contributed by atoms with Crippen molar-refractivity contribution in [2.45, 2.75) is 56.2 Å². The van der Waals surface area contributed by atoms with Crippen LogP contribution in [0.15, 0.2) is 18.5 Å². The molecule has 2 aliphatic carbocycles. The maximum atomic E-state index is 12.3. The molecule has 0 radical (unpaired) electrons. The molecule has 0 unspecified atom stereocenters. The van der Waals surface area contributed by atoms with E-state index in [0.717, 1.165) is 54.7 Å². The Kier molecular flexibility index (Phi) is 3.58. The molecule has 2 fully saturated rings. The van der Waals surface area contributed by atoms with Crippen LogP contribution in [0, 0.1) is 5.92 Å². The summed E-state index contributed by atoms with van der Waals surface area (Å²) in [6.45, 7) is 2.16. The summed E-state index contributed by atoms with van der Waals surface area (Å²) < 4.78 is 29.7. The van der Waals surface area contributed by atoms with E-state index in [-0.39, 0.29) is 17.2 Å². The van der Waals surface area contributed by atoms with Crippen LogP contribution < -0.4 is 4.72 Å². The number of fused-ring (bicyclic) bond motifs is 3. The second-order valence-corrected chi connectivity index (χ2v) is 9.52. The second-order valence-electron chi connectivity index (χ2n) is 7.53. The van der Waals surface area contributed by atoms with E-state index in [9.17, 15) is 8.42 Å². The molecule has 5 rings (SSSR count). The number of H-pyrrole nitrogens is 1. The van der Waals surface area contributed by atoms with E-state index >= 15 is 0 Å². The van der Waals surface area contributed by atoms with Gasteiger partial charge in [0, 0.05) is 18.2 Å². The highest BCUT2D eigenvalue weighted by Gasteiger charge is 2.42. The summed E-state index contributed by atoms with van der Waals surface area (Å²) in [5.41, 5.74) is 2.49. The van der Waals surface area contributed by atoms with Gasteiger partial charge in [-0.1, -0.05) is 13.3 Å². The lowest BCUT2D eigenvalue weighted by Gasteiger charge is -2.16. The molecule has 3 aromatic rings. The fourth-order valence-corrected chi connectivity index (χ4v) is 5.94. The first kappa shape index (κ1) is 16.2. The van der Waals surface area contributed by atoms with Crippen molar-refractivity contribution in [2.75, 3.05) is 0 Å². The first-order valence-corrected chi connectivity index (χ1v) is 10.8. The smallest absolute Gasteiger partial charge is 0.214 e. The quantitative estimate of drug-likeness (QED) is 0.710. The minimum Gasteiger partial charge on any atom is -0.345 e. The number of sulfonamides is 1. The van der Waals surface area contributed by atoms with Gasteiger partial charge in [-0.3, -0.25) is 4.40 Å². The first-order valence-electron chi connectivity index (χ1n) is 9.25. The van der Waals surface area contributed by atoms with Gasteiger partial charge >= 0.3 is 0 Å². The Morgan fingerprint density at radius 1 is 1.31 bits per heavy atom. The Hall–Kier alpha value is -2.00. The Morgan fingerprint density at radius 2 is 2.15 bits per heavy atom. The molecule has 2 N–H and O–H groups in total. The third-order valence-corrected chi connectivity index (χ3v) is 7.82. The monoisotopic (exact) mass is 374 g/mol. The van der Waals surface area contributed by atoms with Gasteiger partial charge in [0.15, 0.2) is 11.3 Å². The van der Waals surface area contributed by atoms with Gasteiger partial charge in [-0.05, 0) is 37.7 Å². The molecular weight excluding hydrogens is 352 g/mol. The summed E-state index contributed by atoms with van der Waals surface area (Å²) in [6.07, 6.45) is 7.76. The first-order chi connectivity index (χ1) is 12.6. The van der Waals surface area contributed by atoms with Crippen molar-refractivity contribution in [3.63, 3.8) is 0 Å². The highest BCUT2D eigenvalue weighted by Crippen LogP contribution is 2.42. The summed E-state index contributed by atoms with van der Waals surface area (Å²) in [7, 11) is -3.17. The number of aromatic nitrogens is 5. The summed E-state index contributed by atoms with van der Waals surface area (Å²) in [6, 6.07) is 1.96. The third-order valence-electron chi connectivity index (χ3n) is 5.81. The molecule has 0 amide bonds. The van der Waals surface area contributed by atoms with Gasteiger partial charge in [0.1, 0.15) is 5.82 Å². The van der Waals surface area contributed by atoms with Crippen LogP contribution in [0.4, 0.5) is 0 Å². The van der Waals surface area contributed by atoms with Crippen LogP contribution in [0.25, 0.3) is 16.8 Å². The normalized spacial score (nSPS) is 26.9. The van der Waals surface area contributed by atoms with Crippen LogP contribution in [0.1, 0.15) is 50.8 Å². The van der Waals surface area contributed by atoms with Crippen molar-refractivity contribution in [2.24, 2.45) is 5.92 Å². The van der Waals surface area contributed by atoms with E-state index in [4.69, 9.17) is 0 Å². The molecule has 26 heavy (non-hydrogen) atoms. The fourth-order valence-electron chi connectivity index (χ4n) is 4.33. The van der Waals surface area contributed by atoms with Crippen molar-refractivity contribution in [3.05, 3.63) is 24.3 Å². The number of rotatable bonds is 5. The van der Waals surface area contributed by atoms with Gasteiger partial charge in [0.2, 0.25) is 10.0 Å². The van der Waals surface area contributed by atoms with Crippen molar-refractivity contribution in [1.82, 2.24) is 29.3 Å². The number of hydrogen-bond donors (Lipinski definition) is 2. The molecule has 3 atom stereocenters. The van der Waals surface area contributed by atoms with E-state index in [1.165, 1.54) is 0 Å². The van der Waals surface area contributed by atoms with Gasteiger partial charge in [-0.2, -0.15) is 0 Å². The molecular formula is C17H22N6O2S. The fraction of sp³-hybridized carbons (Fsp3) is 0.588. The molecule has 8 nitrogen and oxygen atoms in total. The molecule has 3 heterocycles. The SMILES string of the molecule is CC[C@@H]1C[C@@H](NS(=O)(=O)C2CC2)C[C@H]1c1nnc2cnc3[nH]ccc3n12. The minimum absolute atomic E-state index is 0.0218. The topological polar surface area (TPSA) is 105 Å². The van der Waals surface area contributed by atoms with Crippen LogP contribution in [-0.4, -0.2) is 44.3 Å². The second kappa shape index (κ2) is 5.75. The maximum absolute atomic E-state index is 12.3. The zero-order chi connectivity index (χ0) is 17.9. The van der Waals surface area contributed by atoms with Crippen molar-refractivity contribution in [3.8, 4) is 0 Å². The van der Waals surface area contributed by atoms with Gasteiger partial charge in [0.05, 0.1) is 17.0 Å². The summed E-state index contributed by atoms with van der Waals surface area (Å²) in [5.74, 6) is 1.48. The molecule has 0 aromatic carbocycles. The lowest BCUT2D eigenvalue weighted by Crippen LogP contribution is -2.35. The van der Waals surface area contributed by atoms with E-state index < -0.39 is 10.0 Å². The molecule has 0 saturated heterocycles. The van der Waals surface area contributed by atoms with Gasteiger partial charge in [0.25, 0.3) is 0 Å². The van der Waals surface area contributed by atoms with Crippen LogP contribution in [0.2, 0.25) is 0 Å². The lowest BCUT2D eigenvalue weighted by molar-refractivity contribution is 0.449. The van der Waals surface area contributed by atoms with Gasteiger partial charge in [-0.25, -0.2) is 18.1 Å². The Bertz CT molecular complexity index is 1070. The van der Waals surface area contributed by atoms with Crippen molar-refractivity contribution in [1.29, 1.82) is 0 Å². The summed E-state index contributed by atoms with van der Waals surface area (Å²) in [4.78, 5) is 7.49. The predicted octanol–water partition coefficient (Wildman–Crippen LogP) is 1.96. The number of hydrogen-bond acceptors (Lipinski definition) is 5. The Labute approximate surface area is 151 Å². The van der Waals surface area contributed by atoms with Crippen LogP contribution in [0.5, 0.6) is 0 Å². The van der Waals surface area contributed by atoms with Crippen molar-refractivity contribution >= 4 is 26.8 Å². The highest BCUT2D eigenvalue weighted by atomic mass is 32.2. The zero-order valence-electron chi connectivity index (χ0n) is 14.6. The molecule has 9 heteroatoms. The van der Waals surface area contributed by atoms with Gasteiger partial charge in [-0.15, -0.1) is 10.2 Å². The number of nitrogens with one attached hydrogen (secondary N) is 2. The molecule has 0 spiro atoms. The average molecular weight is 374 g/mol. The summed E-state index contributed by atoms with van der Waals surface area (Å²) in [5, 5.41) is 8.58. The van der Waals surface area contributed by atoms with Crippen LogP contribution in [-0.2, 0) is 10.0 Å². The van der Waals surface area contributed by atoms with E-state index in [0.29, 0.717) is 5.92 Å². The minimum atomic E-state index is -3.17. The molecule has 3 aromatic heterocycles. The largest absolute Gasteiger partial charge is 0.345 e. The zero-order valence-corrected chi connectivity index (χ0v) is 15.4. The van der Waals surface area contributed by atoms with E-state index in [1.807, 2.05) is 12.3 Å². The Morgan fingerprint density at radius 3 is 2.92 bits per heavy atom. The maximum Gasteiger partial charge on any atom is 0.214 e. The molecule has 2 aliphatic rings.